The second-order valence-electron chi connectivity index (χ2n) is 5.08. The number of hydrogen-bond donors (Lipinski definition) is 2. The molecule has 2 aromatic rings. The van der Waals surface area contributed by atoms with Gasteiger partial charge < -0.3 is 10.4 Å². The van der Waals surface area contributed by atoms with E-state index in [0.717, 1.165) is 28.7 Å². The van der Waals surface area contributed by atoms with Gasteiger partial charge in [0.15, 0.2) is 11.5 Å². The molecule has 8 heteroatoms. The number of aliphatic hydroxyl groups excluding tert-OH is 1. The van der Waals surface area contributed by atoms with Crippen LogP contribution >= 0.6 is 11.3 Å². The second kappa shape index (κ2) is 8.30. The van der Waals surface area contributed by atoms with E-state index < -0.39 is 0 Å². The van der Waals surface area contributed by atoms with Crippen LogP contribution in [-0.2, 0) is 4.79 Å². The molecule has 2 N–H and O–H groups in total. The van der Waals surface area contributed by atoms with Gasteiger partial charge in [-0.2, -0.15) is 5.11 Å². The molecule has 0 aliphatic rings. The highest BCUT2D eigenvalue weighted by atomic mass is 32.1. The van der Waals surface area contributed by atoms with E-state index >= 15 is 0 Å². The minimum Gasteiger partial charge on any atom is -0.510 e. The third-order valence-corrected chi connectivity index (χ3v) is 3.94. The van der Waals surface area contributed by atoms with E-state index in [1.165, 1.54) is 25.2 Å². The van der Waals surface area contributed by atoms with Crippen molar-refractivity contribution in [3.05, 3.63) is 35.7 Å². The number of anilines is 1. The Hall–Kier alpha value is -2.61. The number of aromatic nitrogens is 2. The molecule has 2 rings (SSSR count). The summed E-state index contributed by atoms with van der Waals surface area (Å²) in [7, 11) is 0. The van der Waals surface area contributed by atoms with E-state index in [2.05, 4.69) is 32.7 Å². The Bertz CT molecular complexity index is 761. The molecule has 0 saturated carbocycles. The molecule has 0 unspecified atom stereocenters. The number of nitrogens with one attached hydrogen (secondary N) is 1. The Labute approximate surface area is 144 Å². The van der Waals surface area contributed by atoms with Crippen molar-refractivity contribution in [1.82, 2.24) is 10.2 Å². The molecule has 0 aliphatic heterocycles. The lowest BCUT2D eigenvalue weighted by atomic mass is 10.2. The summed E-state index contributed by atoms with van der Waals surface area (Å²) in [6.07, 6.45) is 1.03. The normalized spacial score (nSPS) is 12.3. The summed E-state index contributed by atoms with van der Waals surface area (Å²) in [5, 5.41) is 30.2. The fourth-order valence-electron chi connectivity index (χ4n) is 1.82. The van der Waals surface area contributed by atoms with Crippen molar-refractivity contribution < 1.29 is 9.90 Å². The molecule has 0 radical (unpaired) electrons. The van der Waals surface area contributed by atoms with Gasteiger partial charge >= 0.3 is 0 Å². The van der Waals surface area contributed by atoms with E-state index in [0.29, 0.717) is 5.69 Å². The van der Waals surface area contributed by atoms with Gasteiger partial charge in [-0.25, -0.2) is 0 Å². The third-order valence-electron chi connectivity index (χ3n) is 3.01. The van der Waals surface area contributed by atoms with Gasteiger partial charge in [-0.05, 0) is 37.6 Å². The Morgan fingerprint density at radius 3 is 2.54 bits per heavy atom. The maximum absolute atomic E-state index is 11.3. The van der Waals surface area contributed by atoms with E-state index in [9.17, 15) is 9.90 Å². The fourth-order valence-corrected chi connectivity index (χ4v) is 2.59. The second-order valence-corrected chi connectivity index (χ2v) is 6.05. The molecule has 0 fully saturated rings. The highest BCUT2D eigenvalue weighted by molar-refractivity contribution is 7.18. The van der Waals surface area contributed by atoms with Crippen molar-refractivity contribution in [2.24, 2.45) is 10.2 Å². The lowest BCUT2D eigenvalue weighted by Gasteiger charge is -1.98. The molecular formula is C16H19N5O2S. The smallest absolute Gasteiger partial charge is 0.206 e. The third kappa shape index (κ3) is 4.69. The Morgan fingerprint density at radius 2 is 1.96 bits per heavy atom. The SMILES string of the molecule is CCCNc1nnc(-c2ccc(N=N/C(C(C)=O)=C(/C)O)cc2)s1. The monoisotopic (exact) mass is 345 g/mol. The number of azo groups is 1. The molecule has 0 atom stereocenters. The highest BCUT2D eigenvalue weighted by Crippen LogP contribution is 2.28. The summed E-state index contributed by atoms with van der Waals surface area (Å²) >= 11 is 1.49. The zero-order valence-electron chi connectivity index (χ0n) is 13.8. The Kier molecular flexibility index (Phi) is 6.14. The van der Waals surface area contributed by atoms with Gasteiger partial charge in [0.1, 0.15) is 10.8 Å². The van der Waals surface area contributed by atoms with Crippen LogP contribution in [0.5, 0.6) is 0 Å². The van der Waals surface area contributed by atoms with Crippen LogP contribution < -0.4 is 5.32 Å². The molecule has 0 saturated heterocycles. The van der Waals surface area contributed by atoms with Crippen molar-refractivity contribution in [2.75, 3.05) is 11.9 Å². The predicted octanol–water partition coefficient (Wildman–Crippen LogP) is 4.49. The number of nitrogens with zero attached hydrogens (tertiary/aromatic N) is 4. The summed E-state index contributed by atoms with van der Waals surface area (Å²) in [5.41, 5.74) is 1.46. The van der Waals surface area contributed by atoms with Gasteiger partial charge in [0, 0.05) is 19.0 Å². The number of benzene rings is 1. The number of aliphatic hydroxyl groups is 1. The van der Waals surface area contributed by atoms with Gasteiger partial charge in [-0.3, -0.25) is 4.79 Å². The zero-order valence-corrected chi connectivity index (χ0v) is 14.6. The number of carbonyl (C=O) groups is 1. The molecule has 126 valence electrons. The first-order chi connectivity index (χ1) is 11.5. The maximum Gasteiger partial charge on any atom is 0.206 e. The largest absolute Gasteiger partial charge is 0.510 e. The number of allylic oxidation sites excluding steroid dienone is 2. The summed E-state index contributed by atoms with van der Waals surface area (Å²) in [5.74, 6) is -0.486. The minimum atomic E-state index is -0.337. The van der Waals surface area contributed by atoms with Crippen LogP contribution in [0.3, 0.4) is 0 Å². The highest BCUT2D eigenvalue weighted by Gasteiger charge is 2.08. The molecule has 0 spiro atoms. The van der Waals surface area contributed by atoms with Crippen LogP contribution in [0.1, 0.15) is 27.2 Å². The molecule has 0 aliphatic carbocycles. The van der Waals surface area contributed by atoms with Crippen LogP contribution in [0.15, 0.2) is 46.0 Å². The molecule has 0 bridgehead atoms. The van der Waals surface area contributed by atoms with Crippen LogP contribution in [0.25, 0.3) is 10.6 Å². The van der Waals surface area contributed by atoms with Crippen molar-refractivity contribution in [2.45, 2.75) is 27.2 Å². The number of Topliss-reactive ketones (excluding diaryl/α,β-unsaturated/α-hetero) is 1. The number of rotatable bonds is 7. The molecule has 24 heavy (non-hydrogen) atoms. The summed E-state index contributed by atoms with van der Waals surface area (Å²) in [6.45, 7) is 5.69. The first-order valence-corrected chi connectivity index (χ1v) is 8.33. The lowest BCUT2D eigenvalue weighted by Crippen LogP contribution is -1.98. The Morgan fingerprint density at radius 1 is 1.25 bits per heavy atom. The zero-order chi connectivity index (χ0) is 17.5. The van der Waals surface area contributed by atoms with Crippen molar-refractivity contribution in [3.63, 3.8) is 0 Å². The summed E-state index contributed by atoms with van der Waals surface area (Å²) in [6, 6.07) is 7.26. The molecule has 0 amide bonds. The standard InChI is InChI=1S/C16H19N5O2S/c1-4-9-17-16-21-20-15(24-16)12-5-7-13(8-6-12)18-19-14(10(2)22)11(3)23/h5-8,22H,4,9H2,1-3H3,(H,17,21)/b14-10-,19-18?. The van der Waals surface area contributed by atoms with Gasteiger partial charge in [0.05, 0.1) is 5.69 Å². The minimum absolute atomic E-state index is 0.0464. The van der Waals surface area contributed by atoms with Crippen molar-refractivity contribution in [3.8, 4) is 10.6 Å². The van der Waals surface area contributed by atoms with Gasteiger partial charge in [-0.1, -0.05) is 18.3 Å². The molecule has 1 heterocycles. The number of hydrogen-bond acceptors (Lipinski definition) is 8. The van der Waals surface area contributed by atoms with Gasteiger partial charge in [0.2, 0.25) is 5.13 Å². The quantitative estimate of drug-likeness (QED) is 0.437. The van der Waals surface area contributed by atoms with Crippen molar-refractivity contribution >= 4 is 27.9 Å². The van der Waals surface area contributed by atoms with E-state index in [4.69, 9.17) is 0 Å². The number of ketones is 1. The van der Waals surface area contributed by atoms with Gasteiger partial charge in [0.25, 0.3) is 0 Å². The van der Waals surface area contributed by atoms with Crippen LogP contribution in [-0.4, -0.2) is 27.6 Å². The average molecular weight is 345 g/mol. The van der Waals surface area contributed by atoms with Crippen molar-refractivity contribution in [1.29, 1.82) is 0 Å². The van der Waals surface area contributed by atoms with E-state index in [-0.39, 0.29) is 17.2 Å². The molecular weight excluding hydrogens is 326 g/mol. The van der Waals surface area contributed by atoms with E-state index in [1.807, 2.05) is 12.1 Å². The Balaban J connectivity index is 2.12. The van der Waals surface area contributed by atoms with Gasteiger partial charge in [-0.15, -0.1) is 15.3 Å². The summed E-state index contributed by atoms with van der Waals surface area (Å²) < 4.78 is 0. The predicted molar refractivity (Wildman–Crippen MR) is 94.7 cm³/mol. The molecule has 1 aromatic heterocycles. The maximum atomic E-state index is 11.3. The lowest BCUT2D eigenvalue weighted by molar-refractivity contribution is -0.113. The number of carbonyl (C=O) groups excluding carboxylic acids is 1. The first kappa shape index (κ1) is 17.7. The molecule has 1 aromatic carbocycles. The molecule has 7 nitrogen and oxygen atoms in total. The van der Waals surface area contributed by atoms with Crippen LogP contribution in [0, 0.1) is 0 Å². The van der Waals surface area contributed by atoms with Crippen LogP contribution in [0.2, 0.25) is 0 Å². The topological polar surface area (TPSA) is 99.8 Å². The van der Waals surface area contributed by atoms with Crippen LogP contribution in [0.4, 0.5) is 10.8 Å². The summed E-state index contributed by atoms with van der Waals surface area (Å²) in [4.78, 5) is 11.3. The van der Waals surface area contributed by atoms with E-state index in [1.54, 1.807) is 12.1 Å². The average Bonchev–Trinajstić information content (AvgIpc) is 3.02. The fraction of sp³-hybridized carbons (Fsp3) is 0.312. The first-order valence-electron chi connectivity index (χ1n) is 7.51.